The van der Waals surface area contributed by atoms with Gasteiger partial charge in [-0.3, -0.25) is 9.59 Å². The second-order valence-corrected chi connectivity index (χ2v) is 5.75. The van der Waals surface area contributed by atoms with Crippen molar-refractivity contribution in [3.8, 4) is 11.5 Å². The van der Waals surface area contributed by atoms with E-state index >= 15 is 0 Å². The SMILES string of the molecule is CCCCN(CCC(=O)Nc1cc(OC)c(Cl)cc1OC)C(C)=O. The summed E-state index contributed by atoms with van der Waals surface area (Å²) in [5, 5.41) is 3.17. The Morgan fingerprint density at radius 2 is 1.83 bits per heavy atom. The normalized spacial score (nSPS) is 10.2. The summed E-state index contributed by atoms with van der Waals surface area (Å²) in [6.45, 7) is 4.62. The van der Waals surface area contributed by atoms with E-state index in [1.54, 1.807) is 17.0 Å². The molecule has 0 spiro atoms. The molecule has 0 radical (unpaired) electrons. The van der Waals surface area contributed by atoms with Crippen LogP contribution in [0.15, 0.2) is 12.1 Å². The summed E-state index contributed by atoms with van der Waals surface area (Å²) in [5.74, 6) is 0.659. The molecule has 0 unspecified atom stereocenters. The first-order valence-corrected chi connectivity index (χ1v) is 8.27. The number of unbranched alkanes of at least 4 members (excludes halogenated alkanes) is 1. The van der Waals surface area contributed by atoms with Crippen LogP contribution in [0.1, 0.15) is 33.1 Å². The molecule has 6 nitrogen and oxygen atoms in total. The summed E-state index contributed by atoms with van der Waals surface area (Å²) >= 11 is 6.04. The van der Waals surface area contributed by atoms with Gasteiger partial charge in [-0.05, 0) is 6.42 Å². The van der Waals surface area contributed by atoms with Crippen molar-refractivity contribution >= 4 is 29.1 Å². The number of hydrogen-bond acceptors (Lipinski definition) is 4. The molecular weight excluding hydrogens is 332 g/mol. The molecule has 0 saturated heterocycles. The highest BCUT2D eigenvalue weighted by molar-refractivity contribution is 6.32. The largest absolute Gasteiger partial charge is 0.495 e. The zero-order valence-electron chi connectivity index (χ0n) is 14.6. The van der Waals surface area contributed by atoms with Crippen molar-refractivity contribution in [1.82, 2.24) is 4.90 Å². The van der Waals surface area contributed by atoms with Crippen molar-refractivity contribution in [3.05, 3.63) is 17.2 Å². The van der Waals surface area contributed by atoms with Crippen molar-refractivity contribution in [2.24, 2.45) is 0 Å². The number of benzene rings is 1. The van der Waals surface area contributed by atoms with Crippen LogP contribution in [0.2, 0.25) is 5.02 Å². The Hall–Kier alpha value is -1.95. The van der Waals surface area contributed by atoms with E-state index in [4.69, 9.17) is 21.1 Å². The van der Waals surface area contributed by atoms with Gasteiger partial charge >= 0.3 is 0 Å². The monoisotopic (exact) mass is 356 g/mol. The molecule has 1 rings (SSSR count). The van der Waals surface area contributed by atoms with E-state index in [0.717, 1.165) is 12.8 Å². The van der Waals surface area contributed by atoms with Gasteiger partial charge in [0.25, 0.3) is 0 Å². The predicted octanol–water partition coefficient (Wildman–Crippen LogP) is 3.33. The predicted molar refractivity (Wildman–Crippen MR) is 95.0 cm³/mol. The average molecular weight is 357 g/mol. The third-order valence-corrected chi connectivity index (χ3v) is 3.88. The molecule has 1 aromatic rings. The van der Waals surface area contributed by atoms with Crippen molar-refractivity contribution in [1.29, 1.82) is 0 Å². The second kappa shape index (κ2) is 10.0. The van der Waals surface area contributed by atoms with E-state index in [2.05, 4.69) is 12.2 Å². The standard InChI is InChI=1S/C17H25ClN2O4/c1-5-6-8-20(12(2)21)9-7-17(22)19-14-11-15(23-3)13(18)10-16(14)24-4/h10-11H,5-9H2,1-4H3,(H,19,22). The van der Waals surface area contributed by atoms with Crippen molar-refractivity contribution in [2.75, 3.05) is 32.6 Å². The zero-order chi connectivity index (χ0) is 18.1. The summed E-state index contributed by atoms with van der Waals surface area (Å²) in [5.41, 5.74) is 0.478. The van der Waals surface area contributed by atoms with Gasteiger partial charge in [0.2, 0.25) is 11.8 Å². The highest BCUT2D eigenvalue weighted by atomic mass is 35.5. The van der Waals surface area contributed by atoms with Crippen LogP contribution in [0.25, 0.3) is 0 Å². The highest BCUT2D eigenvalue weighted by Gasteiger charge is 2.14. The Morgan fingerprint density at radius 1 is 1.17 bits per heavy atom. The summed E-state index contributed by atoms with van der Waals surface area (Å²) < 4.78 is 10.4. The number of carbonyl (C=O) groups excluding carboxylic acids is 2. The van der Waals surface area contributed by atoms with Gasteiger partial charge in [-0.25, -0.2) is 0 Å². The van der Waals surface area contributed by atoms with Gasteiger partial charge in [0.05, 0.1) is 24.9 Å². The van der Waals surface area contributed by atoms with Crippen LogP contribution in [-0.2, 0) is 9.59 Å². The number of nitrogens with zero attached hydrogens (tertiary/aromatic N) is 1. The molecule has 0 aliphatic rings. The molecule has 134 valence electrons. The fourth-order valence-corrected chi connectivity index (χ4v) is 2.41. The average Bonchev–Trinajstić information content (AvgIpc) is 2.55. The van der Waals surface area contributed by atoms with Crippen LogP contribution in [0, 0.1) is 0 Å². The summed E-state index contributed by atoms with van der Waals surface area (Å²) in [4.78, 5) is 25.5. The first-order valence-electron chi connectivity index (χ1n) is 7.89. The van der Waals surface area contributed by atoms with Crippen molar-refractivity contribution in [3.63, 3.8) is 0 Å². The fourth-order valence-electron chi connectivity index (χ4n) is 2.18. The number of ether oxygens (including phenoxy) is 2. The van der Waals surface area contributed by atoms with E-state index in [1.165, 1.54) is 21.1 Å². The molecule has 2 amide bonds. The minimum atomic E-state index is -0.208. The van der Waals surface area contributed by atoms with Crippen molar-refractivity contribution in [2.45, 2.75) is 33.1 Å². The lowest BCUT2D eigenvalue weighted by molar-refractivity contribution is -0.129. The smallest absolute Gasteiger partial charge is 0.226 e. The number of rotatable bonds is 9. The molecule has 0 heterocycles. The van der Waals surface area contributed by atoms with Gasteiger partial charge in [-0.15, -0.1) is 0 Å². The lowest BCUT2D eigenvalue weighted by Crippen LogP contribution is -2.32. The van der Waals surface area contributed by atoms with Crippen LogP contribution in [-0.4, -0.2) is 44.0 Å². The number of amides is 2. The van der Waals surface area contributed by atoms with E-state index in [0.29, 0.717) is 35.3 Å². The van der Waals surface area contributed by atoms with Gasteiger partial charge in [0.15, 0.2) is 0 Å². The van der Waals surface area contributed by atoms with Gasteiger partial charge in [-0.1, -0.05) is 24.9 Å². The molecule has 0 aliphatic heterocycles. The minimum absolute atomic E-state index is 0.0259. The molecule has 0 aromatic heterocycles. The number of anilines is 1. The molecule has 1 N–H and O–H groups in total. The maximum absolute atomic E-state index is 12.2. The molecule has 1 aromatic carbocycles. The summed E-state index contributed by atoms with van der Waals surface area (Å²) in [6.07, 6.45) is 2.12. The van der Waals surface area contributed by atoms with Crippen LogP contribution in [0.4, 0.5) is 5.69 Å². The third-order valence-electron chi connectivity index (χ3n) is 3.58. The van der Waals surface area contributed by atoms with E-state index in [-0.39, 0.29) is 18.2 Å². The topological polar surface area (TPSA) is 67.9 Å². The van der Waals surface area contributed by atoms with Gasteiger partial charge in [-0.2, -0.15) is 0 Å². The van der Waals surface area contributed by atoms with Crippen LogP contribution >= 0.6 is 11.6 Å². The lowest BCUT2D eigenvalue weighted by Gasteiger charge is -2.20. The maximum atomic E-state index is 12.2. The number of hydrogen-bond donors (Lipinski definition) is 1. The Labute approximate surface area is 148 Å². The van der Waals surface area contributed by atoms with Gasteiger partial charge in [0.1, 0.15) is 11.5 Å². The van der Waals surface area contributed by atoms with Crippen LogP contribution in [0.3, 0.4) is 0 Å². The molecular formula is C17H25ClN2O4. The third kappa shape index (κ3) is 5.92. The highest BCUT2D eigenvalue weighted by Crippen LogP contribution is 2.35. The molecule has 0 saturated carbocycles. The Balaban J connectivity index is 2.72. The molecule has 0 aliphatic carbocycles. The van der Waals surface area contributed by atoms with E-state index < -0.39 is 0 Å². The Kier molecular flexibility index (Phi) is 8.40. The number of nitrogens with one attached hydrogen (secondary N) is 1. The van der Waals surface area contributed by atoms with Crippen LogP contribution in [0.5, 0.6) is 11.5 Å². The summed E-state index contributed by atoms with van der Waals surface area (Å²) in [7, 11) is 2.99. The first kappa shape index (κ1) is 20.1. The Morgan fingerprint density at radius 3 is 2.38 bits per heavy atom. The minimum Gasteiger partial charge on any atom is -0.495 e. The lowest BCUT2D eigenvalue weighted by atomic mass is 10.2. The van der Waals surface area contributed by atoms with E-state index in [1.807, 2.05) is 0 Å². The first-order chi connectivity index (χ1) is 11.4. The van der Waals surface area contributed by atoms with Crippen molar-refractivity contribution < 1.29 is 19.1 Å². The molecule has 0 atom stereocenters. The van der Waals surface area contributed by atoms with Gasteiger partial charge in [0, 0.05) is 38.6 Å². The quantitative estimate of drug-likeness (QED) is 0.736. The zero-order valence-corrected chi connectivity index (χ0v) is 15.4. The fraction of sp³-hybridized carbons (Fsp3) is 0.529. The number of methoxy groups -OCH3 is 2. The Bertz CT molecular complexity index is 578. The maximum Gasteiger partial charge on any atom is 0.226 e. The molecule has 7 heteroatoms. The van der Waals surface area contributed by atoms with Crippen LogP contribution < -0.4 is 14.8 Å². The van der Waals surface area contributed by atoms with Gasteiger partial charge < -0.3 is 19.7 Å². The summed E-state index contributed by atoms with van der Waals surface area (Å²) in [6, 6.07) is 3.19. The number of halogens is 1. The second-order valence-electron chi connectivity index (χ2n) is 5.34. The number of carbonyl (C=O) groups is 2. The molecule has 0 fully saturated rings. The molecule has 24 heavy (non-hydrogen) atoms. The molecule has 0 bridgehead atoms. The van der Waals surface area contributed by atoms with E-state index in [9.17, 15) is 9.59 Å².